The highest BCUT2D eigenvalue weighted by atomic mass is 79.9. The maximum atomic E-state index is 13.5. The van der Waals surface area contributed by atoms with Crippen molar-refractivity contribution in [2.75, 3.05) is 20.3 Å². The van der Waals surface area contributed by atoms with Gasteiger partial charge in [-0.2, -0.15) is 0 Å². The van der Waals surface area contributed by atoms with Gasteiger partial charge in [0, 0.05) is 19.8 Å². The molecule has 2 nitrogen and oxygen atoms in total. The minimum Gasteiger partial charge on any atom is -0.385 e. The Hall–Kier alpha value is -0.450. The van der Waals surface area contributed by atoms with Crippen LogP contribution in [-0.4, -0.2) is 26.3 Å². The topological polar surface area (TPSA) is 21.3 Å². The quantitative estimate of drug-likeness (QED) is 0.692. The molecule has 0 fully saturated rings. The molecule has 0 saturated heterocycles. The van der Waals surface area contributed by atoms with Crippen molar-refractivity contribution in [2.45, 2.75) is 38.6 Å². The molecule has 0 aliphatic carbocycles. The van der Waals surface area contributed by atoms with Gasteiger partial charge >= 0.3 is 0 Å². The van der Waals surface area contributed by atoms with Gasteiger partial charge in [-0.3, -0.25) is 0 Å². The lowest BCUT2D eigenvalue weighted by Gasteiger charge is -2.19. The maximum Gasteiger partial charge on any atom is 0.137 e. The van der Waals surface area contributed by atoms with Crippen molar-refractivity contribution in [1.82, 2.24) is 5.32 Å². The maximum absolute atomic E-state index is 13.5. The molecule has 0 heterocycles. The highest BCUT2D eigenvalue weighted by Crippen LogP contribution is 2.22. The summed E-state index contributed by atoms with van der Waals surface area (Å²) in [6.07, 6.45) is 3.99. The van der Waals surface area contributed by atoms with Crippen molar-refractivity contribution in [2.24, 2.45) is 0 Å². The second kappa shape index (κ2) is 9.45. The molecule has 1 atom stereocenters. The minimum absolute atomic E-state index is 0.191. The number of nitrogens with one attached hydrogen (secondary N) is 1. The van der Waals surface area contributed by atoms with E-state index in [1.54, 1.807) is 13.2 Å². The van der Waals surface area contributed by atoms with Crippen LogP contribution in [0, 0.1) is 5.82 Å². The lowest BCUT2D eigenvalue weighted by molar-refractivity contribution is 0.188. The Kier molecular flexibility index (Phi) is 8.26. The summed E-state index contributed by atoms with van der Waals surface area (Å²) in [7, 11) is 1.72. The van der Waals surface area contributed by atoms with Gasteiger partial charge < -0.3 is 10.1 Å². The molecule has 0 aliphatic rings. The van der Waals surface area contributed by atoms with Crippen molar-refractivity contribution >= 4 is 15.9 Å². The first-order valence-corrected chi connectivity index (χ1v) is 7.63. The van der Waals surface area contributed by atoms with Crippen LogP contribution in [0.5, 0.6) is 0 Å². The van der Waals surface area contributed by atoms with Crippen LogP contribution in [0.4, 0.5) is 4.39 Å². The van der Waals surface area contributed by atoms with Gasteiger partial charge in [-0.15, -0.1) is 0 Å². The van der Waals surface area contributed by atoms with Crippen LogP contribution in [0.15, 0.2) is 22.7 Å². The van der Waals surface area contributed by atoms with Gasteiger partial charge in [0.15, 0.2) is 0 Å². The molecule has 0 saturated carbocycles. The predicted octanol–water partition coefficient (Wildman–Crippen LogP) is 3.93. The normalized spacial score (nSPS) is 12.6. The average molecular weight is 332 g/mol. The number of methoxy groups -OCH3 is 1. The molecule has 19 heavy (non-hydrogen) atoms. The summed E-state index contributed by atoms with van der Waals surface area (Å²) in [4.78, 5) is 0. The highest BCUT2D eigenvalue weighted by Gasteiger charge is 2.12. The van der Waals surface area contributed by atoms with Crippen LogP contribution in [0.3, 0.4) is 0 Å². The van der Waals surface area contributed by atoms with E-state index in [-0.39, 0.29) is 5.82 Å². The summed E-state index contributed by atoms with van der Waals surface area (Å²) in [6.45, 7) is 3.91. The zero-order valence-corrected chi connectivity index (χ0v) is 13.3. The molecular formula is C15H23BrFNO. The molecule has 0 aromatic heterocycles. The molecule has 1 aromatic carbocycles. The van der Waals surface area contributed by atoms with Gasteiger partial charge in [0.2, 0.25) is 0 Å². The third kappa shape index (κ3) is 6.02. The number of ether oxygens (including phenoxy) is 1. The van der Waals surface area contributed by atoms with Crippen LogP contribution in [0.1, 0.15) is 31.7 Å². The zero-order chi connectivity index (χ0) is 14.1. The Morgan fingerprint density at radius 1 is 1.42 bits per heavy atom. The second-order valence-electron chi connectivity index (χ2n) is 4.70. The molecule has 1 rings (SSSR count). The molecule has 1 aromatic rings. The molecule has 4 heteroatoms. The first-order chi connectivity index (χ1) is 9.19. The molecule has 0 spiro atoms. The lowest BCUT2D eigenvalue weighted by Crippen LogP contribution is -2.32. The summed E-state index contributed by atoms with van der Waals surface area (Å²) >= 11 is 3.33. The summed E-state index contributed by atoms with van der Waals surface area (Å²) in [5.41, 5.74) is 1.02. The Morgan fingerprint density at radius 2 is 2.21 bits per heavy atom. The molecule has 0 amide bonds. The lowest BCUT2D eigenvalue weighted by atomic mass is 10.0. The fraction of sp³-hybridized carbons (Fsp3) is 0.600. The Labute approximate surface area is 123 Å². The van der Waals surface area contributed by atoms with Gasteiger partial charge in [-0.1, -0.05) is 19.1 Å². The molecule has 0 radical (unpaired) electrons. The van der Waals surface area contributed by atoms with E-state index < -0.39 is 0 Å². The van der Waals surface area contributed by atoms with Crippen LogP contribution in [0.25, 0.3) is 0 Å². The van der Waals surface area contributed by atoms with Crippen LogP contribution < -0.4 is 5.32 Å². The minimum atomic E-state index is -0.191. The van der Waals surface area contributed by atoms with Crippen LogP contribution in [-0.2, 0) is 11.2 Å². The summed E-state index contributed by atoms with van der Waals surface area (Å²) < 4.78 is 19.2. The van der Waals surface area contributed by atoms with Crippen LogP contribution >= 0.6 is 15.9 Å². The third-order valence-corrected chi connectivity index (χ3v) is 3.97. The van der Waals surface area contributed by atoms with Crippen molar-refractivity contribution in [3.63, 3.8) is 0 Å². The molecule has 0 aliphatic heterocycles. The largest absolute Gasteiger partial charge is 0.385 e. The van der Waals surface area contributed by atoms with E-state index in [0.29, 0.717) is 10.5 Å². The second-order valence-corrected chi connectivity index (χ2v) is 5.50. The Balaban J connectivity index is 2.61. The monoisotopic (exact) mass is 331 g/mol. The van der Waals surface area contributed by atoms with Gasteiger partial charge in [-0.05, 0) is 59.8 Å². The number of hydrogen-bond acceptors (Lipinski definition) is 2. The Bertz CT molecular complexity index is 373. The van der Waals surface area contributed by atoms with E-state index in [1.807, 2.05) is 6.07 Å². The first kappa shape index (κ1) is 16.6. The zero-order valence-electron chi connectivity index (χ0n) is 11.7. The van der Waals surface area contributed by atoms with E-state index in [9.17, 15) is 4.39 Å². The van der Waals surface area contributed by atoms with Crippen LogP contribution in [0.2, 0.25) is 0 Å². The number of hydrogen-bond donors (Lipinski definition) is 1. The summed E-state index contributed by atoms with van der Waals surface area (Å²) in [5.74, 6) is -0.191. The smallest absolute Gasteiger partial charge is 0.137 e. The SMILES string of the molecule is CCCNC(CCCOC)Cc1cccc(F)c1Br. The fourth-order valence-corrected chi connectivity index (χ4v) is 2.50. The molecule has 108 valence electrons. The van der Waals surface area contributed by atoms with E-state index in [4.69, 9.17) is 4.74 Å². The van der Waals surface area contributed by atoms with E-state index in [1.165, 1.54) is 6.07 Å². The van der Waals surface area contributed by atoms with Crippen molar-refractivity contribution in [1.29, 1.82) is 0 Å². The van der Waals surface area contributed by atoms with Gasteiger partial charge in [0.1, 0.15) is 5.82 Å². The average Bonchev–Trinajstić information content (AvgIpc) is 2.41. The number of halogens is 2. The Morgan fingerprint density at radius 3 is 2.89 bits per heavy atom. The molecular weight excluding hydrogens is 309 g/mol. The van der Waals surface area contributed by atoms with E-state index >= 15 is 0 Å². The standard InChI is InChI=1S/C15H23BrFNO/c1-3-9-18-13(7-5-10-19-2)11-12-6-4-8-14(17)15(12)16/h4,6,8,13,18H,3,5,7,9-11H2,1-2H3. The third-order valence-electron chi connectivity index (χ3n) is 3.08. The van der Waals surface area contributed by atoms with Gasteiger partial charge in [-0.25, -0.2) is 4.39 Å². The highest BCUT2D eigenvalue weighted by molar-refractivity contribution is 9.10. The number of benzene rings is 1. The van der Waals surface area contributed by atoms with E-state index in [2.05, 4.69) is 28.2 Å². The first-order valence-electron chi connectivity index (χ1n) is 6.84. The van der Waals surface area contributed by atoms with Crippen molar-refractivity contribution in [3.05, 3.63) is 34.1 Å². The number of rotatable bonds is 9. The van der Waals surface area contributed by atoms with Crippen molar-refractivity contribution < 1.29 is 9.13 Å². The molecule has 1 N–H and O–H groups in total. The fourth-order valence-electron chi connectivity index (χ4n) is 2.07. The predicted molar refractivity (Wildman–Crippen MR) is 81.0 cm³/mol. The molecule has 0 bridgehead atoms. The van der Waals surface area contributed by atoms with E-state index in [0.717, 1.165) is 44.4 Å². The van der Waals surface area contributed by atoms with Gasteiger partial charge in [0.25, 0.3) is 0 Å². The summed E-state index contributed by atoms with van der Waals surface area (Å²) in [6, 6.07) is 5.59. The van der Waals surface area contributed by atoms with Crippen molar-refractivity contribution in [3.8, 4) is 0 Å². The van der Waals surface area contributed by atoms with Gasteiger partial charge in [0.05, 0.1) is 4.47 Å². The summed E-state index contributed by atoms with van der Waals surface area (Å²) in [5, 5.41) is 3.52. The molecule has 1 unspecified atom stereocenters.